The van der Waals surface area contributed by atoms with Crippen LogP contribution in [0.25, 0.3) is 0 Å². The number of nitrogens with zero attached hydrogens (tertiary/aromatic N) is 1. The van der Waals surface area contributed by atoms with Gasteiger partial charge in [0.05, 0.1) is 5.37 Å². The maximum absolute atomic E-state index is 11.3. The lowest BCUT2D eigenvalue weighted by molar-refractivity contribution is 0.194. The second kappa shape index (κ2) is 6.83. The predicted molar refractivity (Wildman–Crippen MR) is 68.4 cm³/mol. The van der Waals surface area contributed by atoms with Crippen LogP contribution in [-0.2, 0) is 11.1 Å². The van der Waals surface area contributed by atoms with Crippen LogP contribution in [0.2, 0.25) is 0 Å². The van der Waals surface area contributed by atoms with E-state index in [9.17, 15) is 8.76 Å². The van der Waals surface area contributed by atoms with Crippen LogP contribution >= 0.6 is 0 Å². The van der Waals surface area contributed by atoms with Crippen LogP contribution in [0.3, 0.4) is 0 Å². The first-order chi connectivity index (χ1) is 8.27. The molecule has 0 aromatic rings. The SMILES string of the molecule is O=S([O-])C(CCNC1CCC1)N1CCCCC1. The van der Waals surface area contributed by atoms with Gasteiger partial charge in [0.1, 0.15) is 0 Å². The molecule has 1 aliphatic heterocycles. The molecule has 2 unspecified atom stereocenters. The zero-order valence-electron chi connectivity index (χ0n) is 10.4. The number of hydrogen-bond acceptors (Lipinski definition) is 4. The topological polar surface area (TPSA) is 55.4 Å². The fourth-order valence-corrected chi connectivity index (χ4v) is 3.39. The molecule has 0 bridgehead atoms. The van der Waals surface area contributed by atoms with Gasteiger partial charge < -0.3 is 9.87 Å². The molecule has 1 heterocycles. The van der Waals surface area contributed by atoms with Crippen molar-refractivity contribution in [2.45, 2.75) is 56.4 Å². The van der Waals surface area contributed by atoms with E-state index in [1.54, 1.807) is 0 Å². The van der Waals surface area contributed by atoms with Gasteiger partial charge in [0.15, 0.2) is 0 Å². The molecule has 1 aliphatic carbocycles. The zero-order chi connectivity index (χ0) is 12.1. The number of hydrogen-bond donors (Lipinski definition) is 1. The zero-order valence-corrected chi connectivity index (χ0v) is 11.2. The van der Waals surface area contributed by atoms with Crippen LogP contribution in [0.15, 0.2) is 0 Å². The molecule has 2 rings (SSSR count). The highest BCUT2D eigenvalue weighted by Crippen LogP contribution is 2.19. The van der Waals surface area contributed by atoms with E-state index < -0.39 is 11.1 Å². The summed E-state index contributed by atoms with van der Waals surface area (Å²) in [5.41, 5.74) is 0. The molecular weight excluding hydrogens is 236 g/mol. The monoisotopic (exact) mass is 259 g/mol. The van der Waals surface area contributed by atoms with E-state index in [1.807, 2.05) is 0 Å². The molecule has 0 radical (unpaired) electrons. The van der Waals surface area contributed by atoms with Gasteiger partial charge in [-0.05, 0) is 62.8 Å². The van der Waals surface area contributed by atoms with E-state index in [2.05, 4.69) is 10.2 Å². The summed E-state index contributed by atoms with van der Waals surface area (Å²) in [5, 5.41) is 3.17. The van der Waals surface area contributed by atoms with Gasteiger partial charge in [0.2, 0.25) is 0 Å². The van der Waals surface area contributed by atoms with Crippen LogP contribution in [0.5, 0.6) is 0 Å². The van der Waals surface area contributed by atoms with Crippen LogP contribution < -0.4 is 5.32 Å². The Bertz CT molecular complexity index is 253. The minimum absolute atomic E-state index is 0.275. The third-order valence-corrected chi connectivity index (χ3v) is 4.93. The summed E-state index contributed by atoms with van der Waals surface area (Å²) in [6, 6.07) is 0.650. The quantitative estimate of drug-likeness (QED) is 0.729. The Balaban J connectivity index is 1.72. The molecule has 1 saturated carbocycles. The largest absolute Gasteiger partial charge is 0.771 e. The Morgan fingerprint density at radius 2 is 1.94 bits per heavy atom. The van der Waals surface area contributed by atoms with Gasteiger partial charge in [-0.25, -0.2) is 0 Å². The van der Waals surface area contributed by atoms with Crippen molar-refractivity contribution in [3.8, 4) is 0 Å². The molecular formula is C12H23N2O2S-. The number of likely N-dealkylation sites (tertiary alicyclic amines) is 1. The lowest BCUT2D eigenvalue weighted by Gasteiger charge is -2.36. The van der Waals surface area contributed by atoms with Gasteiger partial charge >= 0.3 is 0 Å². The van der Waals surface area contributed by atoms with E-state index in [4.69, 9.17) is 0 Å². The Labute approximate surface area is 106 Å². The Morgan fingerprint density at radius 1 is 1.24 bits per heavy atom. The van der Waals surface area contributed by atoms with Crippen LogP contribution in [0.1, 0.15) is 44.9 Å². The van der Waals surface area contributed by atoms with Crippen molar-refractivity contribution in [2.24, 2.45) is 0 Å². The van der Waals surface area contributed by atoms with Crippen molar-refractivity contribution in [1.29, 1.82) is 0 Å². The van der Waals surface area contributed by atoms with E-state index in [-0.39, 0.29) is 5.37 Å². The molecule has 0 amide bonds. The fraction of sp³-hybridized carbons (Fsp3) is 1.00. The fourth-order valence-electron chi connectivity index (χ4n) is 2.63. The number of rotatable bonds is 6. The summed E-state index contributed by atoms with van der Waals surface area (Å²) in [4.78, 5) is 2.13. The van der Waals surface area contributed by atoms with Crippen molar-refractivity contribution in [3.63, 3.8) is 0 Å². The van der Waals surface area contributed by atoms with E-state index in [0.29, 0.717) is 6.04 Å². The van der Waals surface area contributed by atoms with Crippen LogP contribution in [0.4, 0.5) is 0 Å². The van der Waals surface area contributed by atoms with Gasteiger partial charge in [-0.2, -0.15) is 0 Å². The van der Waals surface area contributed by atoms with Crippen molar-refractivity contribution >= 4 is 11.1 Å². The van der Waals surface area contributed by atoms with Crippen molar-refractivity contribution < 1.29 is 8.76 Å². The van der Waals surface area contributed by atoms with E-state index in [1.165, 1.54) is 25.7 Å². The number of nitrogens with one attached hydrogen (secondary N) is 1. The smallest absolute Gasteiger partial charge is 0.0738 e. The summed E-state index contributed by atoms with van der Waals surface area (Å²) >= 11 is -1.96. The third kappa shape index (κ3) is 4.02. The molecule has 0 aromatic heterocycles. The maximum atomic E-state index is 11.3. The average Bonchev–Trinajstić information content (AvgIpc) is 2.27. The molecule has 2 aliphatic rings. The van der Waals surface area contributed by atoms with Gasteiger partial charge in [-0.1, -0.05) is 12.8 Å². The van der Waals surface area contributed by atoms with Gasteiger partial charge in [-0.3, -0.25) is 9.11 Å². The van der Waals surface area contributed by atoms with Crippen LogP contribution in [0, 0.1) is 0 Å². The third-order valence-electron chi connectivity index (χ3n) is 3.95. The highest BCUT2D eigenvalue weighted by molar-refractivity contribution is 7.79. The lowest BCUT2D eigenvalue weighted by Crippen LogP contribution is -2.44. The predicted octanol–water partition coefficient (Wildman–Crippen LogP) is 1.21. The molecule has 0 aromatic carbocycles. The minimum Gasteiger partial charge on any atom is -0.771 e. The van der Waals surface area contributed by atoms with Gasteiger partial charge in [0, 0.05) is 6.04 Å². The summed E-state index contributed by atoms with van der Waals surface area (Å²) in [6.45, 7) is 2.73. The van der Waals surface area contributed by atoms with Crippen molar-refractivity contribution in [2.75, 3.05) is 19.6 Å². The molecule has 17 heavy (non-hydrogen) atoms. The average molecular weight is 259 g/mol. The molecule has 1 saturated heterocycles. The second-order valence-electron chi connectivity index (χ2n) is 5.18. The van der Waals surface area contributed by atoms with Gasteiger partial charge in [-0.15, -0.1) is 0 Å². The highest BCUT2D eigenvalue weighted by Gasteiger charge is 2.22. The van der Waals surface area contributed by atoms with E-state index in [0.717, 1.165) is 38.9 Å². The highest BCUT2D eigenvalue weighted by atomic mass is 32.2. The normalized spacial score (nSPS) is 26.4. The molecule has 2 atom stereocenters. The van der Waals surface area contributed by atoms with Crippen LogP contribution in [-0.4, -0.2) is 44.7 Å². The van der Waals surface area contributed by atoms with E-state index >= 15 is 0 Å². The van der Waals surface area contributed by atoms with Gasteiger partial charge in [0.25, 0.3) is 0 Å². The summed E-state index contributed by atoms with van der Waals surface area (Å²) < 4.78 is 22.6. The first kappa shape index (κ1) is 13.5. The molecule has 5 heteroatoms. The standard InChI is InChI=1S/C12H24N2O2S/c15-17(16)12(14-9-2-1-3-10-14)7-8-13-11-5-4-6-11/h11-13H,1-10H2,(H,15,16)/p-1. The molecule has 1 N–H and O–H groups in total. The summed E-state index contributed by atoms with van der Waals surface area (Å²) in [5.74, 6) is 0. The minimum atomic E-state index is -1.96. The molecule has 100 valence electrons. The second-order valence-corrected chi connectivity index (χ2v) is 6.25. The Kier molecular flexibility index (Phi) is 5.41. The first-order valence-electron chi connectivity index (χ1n) is 6.83. The molecule has 4 nitrogen and oxygen atoms in total. The molecule has 2 fully saturated rings. The van der Waals surface area contributed by atoms with Crippen molar-refractivity contribution in [1.82, 2.24) is 10.2 Å². The Hall–Kier alpha value is 0.0300. The first-order valence-corrected chi connectivity index (χ1v) is 7.96. The summed E-state index contributed by atoms with van der Waals surface area (Å²) in [6.07, 6.45) is 8.10. The lowest BCUT2D eigenvalue weighted by atomic mass is 9.93. The maximum Gasteiger partial charge on any atom is 0.0738 e. The summed E-state index contributed by atoms with van der Waals surface area (Å²) in [7, 11) is 0. The van der Waals surface area contributed by atoms with Crippen molar-refractivity contribution in [3.05, 3.63) is 0 Å². The Morgan fingerprint density at radius 3 is 2.47 bits per heavy atom. The molecule has 0 spiro atoms. The number of piperidine rings is 1.